The van der Waals surface area contributed by atoms with Crippen LogP contribution in [0.1, 0.15) is 31.4 Å². The molecular weight excluding hydrogens is 298 g/mol. The van der Waals surface area contributed by atoms with Crippen molar-refractivity contribution in [1.82, 2.24) is 16.2 Å². The van der Waals surface area contributed by atoms with Gasteiger partial charge in [-0.1, -0.05) is 19.9 Å². The molecule has 0 bridgehead atoms. The Labute approximate surface area is 137 Å². The monoisotopic (exact) mass is 323 g/mol. The minimum atomic E-state index is -0.285. The third-order valence-corrected chi connectivity index (χ3v) is 3.13. The van der Waals surface area contributed by atoms with Gasteiger partial charge in [-0.15, -0.1) is 0 Å². The third kappa shape index (κ3) is 7.83. The predicted octanol–water partition coefficient (Wildman–Crippen LogP) is 2.22. The number of amides is 1. The second kappa shape index (κ2) is 9.25. The summed E-state index contributed by atoms with van der Waals surface area (Å²) in [4.78, 5) is 11.7. The third-order valence-electron chi connectivity index (χ3n) is 2.89. The van der Waals surface area contributed by atoms with E-state index < -0.39 is 0 Å². The van der Waals surface area contributed by atoms with Crippen LogP contribution in [0, 0.1) is 19.8 Å². The highest BCUT2D eigenvalue weighted by atomic mass is 32.1. The molecule has 0 radical (unpaired) electrons. The Morgan fingerprint density at radius 3 is 2.41 bits per heavy atom. The van der Waals surface area contributed by atoms with Gasteiger partial charge in [0, 0.05) is 6.54 Å². The standard InChI is InChI=1S/C16H25N3O2S/c1-11(2)5-6-17-16(22)19-18-15(20)10-21-14-8-12(3)7-13(4)9-14/h7-9,11H,5-6,10H2,1-4H3,(H,18,20)(H2,17,19,22). The Morgan fingerprint density at radius 1 is 1.18 bits per heavy atom. The lowest BCUT2D eigenvalue weighted by Gasteiger charge is -2.13. The Kier molecular flexibility index (Phi) is 7.66. The molecule has 0 saturated carbocycles. The van der Waals surface area contributed by atoms with Gasteiger partial charge >= 0.3 is 0 Å². The van der Waals surface area contributed by atoms with Gasteiger partial charge in [-0.05, 0) is 61.7 Å². The highest BCUT2D eigenvalue weighted by Crippen LogP contribution is 2.15. The molecule has 0 atom stereocenters. The van der Waals surface area contributed by atoms with Crippen LogP contribution in [0.2, 0.25) is 0 Å². The van der Waals surface area contributed by atoms with E-state index in [-0.39, 0.29) is 12.5 Å². The van der Waals surface area contributed by atoms with E-state index in [0.717, 1.165) is 24.1 Å². The number of hydrogen-bond acceptors (Lipinski definition) is 3. The topological polar surface area (TPSA) is 62.4 Å². The van der Waals surface area contributed by atoms with E-state index in [1.807, 2.05) is 26.0 Å². The summed E-state index contributed by atoms with van der Waals surface area (Å²) in [6.45, 7) is 8.98. The van der Waals surface area contributed by atoms with Crippen molar-refractivity contribution >= 4 is 23.2 Å². The summed E-state index contributed by atoms with van der Waals surface area (Å²) >= 11 is 5.06. The fourth-order valence-electron chi connectivity index (χ4n) is 1.85. The fraction of sp³-hybridized carbons (Fsp3) is 0.500. The molecular formula is C16H25N3O2S. The number of thiocarbonyl (C=S) groups is 1. The molecule has 0 aliphatic rings. The smallest absolute Gasteiger partial charge is 0.276 e. The van der Waals surface area contributed by atoms with Gasteiger partial charge in [0.25, 0.3) is 5.91 Å². The summed E-state index contributed by atoms with van der Waals surface area (Å²) in [5.41, 5.74) is 7.36. The van der Waals surface area contributed by atoms with E-state index >= 15 is 0 Å². The Bertz CT molecular complexity index is 498. The maximum atomic E-state index is 11.7. The van der Waals surface area contributed by atoms with Crippen molar-refractivity contribution in [3.8, 4) is 5.75 Å². The molecule has 0 aromatic heterocycles. The van der Waals surface area contributed by atoms with Crippen molar-refractivity contribution in [2.45, 2.75) is 34.1 Å². The second-order valence-electron chi connectivity index (χ2n) is 5.72. The van der Waals surface area contributed by atoms with Crippen molar-refractivity contribution in [3.63, 3.8) is 0 Å². The van der Waals surface area contributed by atoms with Gasteiger partial charge in [-0.25, -0.2) is 0 Å². The zero-order valence-corrected chi connectivity index (χ0v) is 14.5. The number of rotatable bonds is 6. The van der Waals surface area contributed by atoms with Gasteiger partial charge in [0.1, 0.15) is 5.75 Å². The quantitative estimate of drug-likeness (QED) is 0.553. The summed E-state index contributed by atoms with van der Waals surface area (Å²) in [6, 6.07) is 5.84. The molecule has 0 heterocycles. The lowest BCUT2D eigenvalue weighted by atomic mass is 10.1. The van der Waals surface area contributed by atoms with Crippen LogP contribution in [-0.2, 0) is 4.79 Å². The van der Waals surface area contributed by atoms with Crippen LogP contribution < -0.4 is 20.9 Å². The van der Waals surface area contributed by atoms with Crippen LogP contribution >= 0.6 is 12.2 Å². The molecule has 0 spiro atoms. The van der Waals surface area contributed by atoms with E-state index in [4.69, 9.17) is 17.0 Å². The first-order valence-corrected chi connectivity index (χ1v) is 7.81. The molecule has 1 aromatic rings. The molecule has 6 heteroatoms. The molecule has 1 rings (SSSR count). The number of aryl methyl sites for hydroxylation is 2. The van der Waals surface area contributed by atoms with Crippen LogP contribution in [0.3, 0.4) is 0 Å². The number of ether oxygens (including phenoxy) is 1. The lowest BCUT2D eigenvalue weighted by Crippen LogP contribution is -2.48. The van der Waals surface area contributed by atoms with Crippen LogP contribution in [0.15, 0.2) is 18.2 Å². The molecule has 0 aliphatic heterocycles. The first-order chi connectivity index (χ1) is 10.4. The average molecular weight is 323 g/mol. The molecule has 0 fully saturated rings. The minimum absolute atomic E-state index is 0.0650. The van der Waals surface area contributed by atoms with Crippen LogP contribution in [0.4, 0.5) is 0 Å². The Balaban J connectivity index is 2.24. The molecule has 0 aliphatic carbocycles. The van der Waals surface area contributed by atoms with Gasteiger partial charge in [0.2, 0.25) is 0 Å². The van der Waals surface area contributed by atoms with Crippen LogP contribution in [-0.4, -0.2) is 24.2 Å². The van der Waals surface area contributed by atoms with Crippen LogP contribution in [0.5, 0.6) is 5.75 Å². The number of carbonyl (C=O) groups excluding carboxylic acids is 1. The lowest BCUT2D eigenvalue weighted by molar-refractivity contribution is -0.123. The van der Waals surface area contributed by atoms with Crippen molar-refractivity contribution in [2.75, 3.05) is 13.2 Å². The summed E-state index contributed by atoms with van der Waals surface area (Å²) in [7, 11) is 0. The molecule has 0 saturated heterocycles. The summed E-state index contributed by atoms with van der Waals surface area (Å²) in [5, 5.41) is 3.43. The SMILES string of the molecule is Cc1cc(C)cc(OCC(=O)NNC(=S)NCCC(C)C)c1. The fourth-order valence-corrected chi connectivity index (χ4v) is 2.00. The minimum Gasteiger partial charge on any atom is -0.484 e. The van der Waals surface area contributed by atoms with Gasteiger partial charge in [0.15, 0.2) is 11.7 Å². The number of hydrogen-bond donors (Lipinski definition) is 3. The highest BCUT2D eigenvalue weighted by molar-refractivity contribution is 7.80. The zero-order valence-electron chi connectivity index (χ0n) is 13.7. The van der Waals surface area contributed by atoms with Crippen LogP contribution in [0.25, 0.3) is 0 Å². The molecule has 1 amide bonds. The van der Waals surface area contributed by atoms with Gasteiger partial charge in [-0.2, -0.15) is 0 Å². The molecule has 3 N–H and O–H groups in total. The first-order valence-electron chi connectivity index (χ1n) is 7.40. The maximum absolute atomic E-state index is 11.7. The molecule has 22 heavy (non-hydrogen) atoms. The van der Waals surface area contributed by atoms with E-state index in [1.165, 1.54) is 0 Å². The Hall–Kier alpha value is -1.82. The molecule has 5 nitrogen and oxygen atoms in total. The normalized spacial score (nSPS) is 10.2. The average Bonchev–Trinajstić information content (AvgIpc) is 2.41. The first kappa shape index (κ1) is 18.2. The largest absolute Gasteiger partial charge is 0.484 e. The van der Waals surface area contributed by atoms with Crippen molar-refractivity contribution in [2.24, 2.45) is 5.92 Å². The summed E-state index contributed by atoms with van der Waals surface area (Å²) < 4.78 is 5.46. The Morgan fingerprint density at radius 2 is 1.82 bits per heavy atom. The highest BCUT2D eigenvalue weighted by Gasteiger charge is 2.04. The summed E-state index contributed by atoms with van der Waals surface area (Å²) in [6.07, 6.45) is 1.02. The number of carbonyl (C=O) groups is 1. The van der Waals surface area contributed by atoms with Crippen molar-refractivity contribution in [3.05, 3.63) is 29.3 Å². The van der Waals surface area contributed by atoms with Crippen molar-refractivity contribution < 1.29 is 9.53 Å². The van der Waals surface area contributed by atoms with Crippen molar-refractivity contribution in [1.29, 1.82) is 0 Å². The predicted molar refractivity (Wildman–Crippen MR) is 92.7 cm³/mol. The molecule has 0 unspecified atom stereocenters. The van der Waals surface area contributed by atoms with Gasteiger partial charge in [0.05, 0.1) is 0 Å². The summed E-state index contributed by atoms with van der Waals surface area (Å²) in [5.74, 6) is 1.01. The maximum Gasteiger partial charge on any atom is 0.276 e. The van der Waals surface area contributed by atoms with E-state index in [0.29, 0.717) is 16.8 Å². The second-order valence-corrected chi connectivity index (χ2v) is 6.13. The van der Waals surface area contributed by atoms with Gasteiger partial charge in [-0.3, -0.25) is 15.6 Å². The molecule has 1 aromatic carbocycles. The van der Waals surface area contributed by atoms with E-state index in [1.54, 1.807) is 0 Å². The van der Waals surface area contributed by atoms with E-state index in [2.05, 4.69) is 36.1 Å². The van der Waals surface area contributed by atoms with E-state index in [9.17, 15) is 4.79 Å². The number of hydrazine groups is 1. The number of nitrogens with one attached hydrogen (secondary N) is 3. The van der Waals surface area contributed by atoms with Gasteiger partial charge < -0.3 is 10.1 Å². The molecule has 122 valence electrons. The number of benzene rings is 1. The zero-order chi connectivity index (χ0) is 16.5.